The van der Waals surface area contributed by atoms with Crippen LogP contribution in [-0.4, -0.2) is 149 Å². The fourth-order valence-electron chi connectivity index (χ4n) is 9.73. The van der Waals surface area contributed by atoms with Gasteiger partial charge in [0.15, 0.2) is 5.96 Å². The molecular weight excluding hydrogens is 1130 g/mol. The van der Waals surface area contributed by atoms with Crippen molar-refractivity contribution < 1.29 is 43.2 Å². The molecule has 0 aliphatic rings. The molecule has 0 radical (unpaired) electrons. The quantitative estimate of drug-likeness (QED) is 0.0125. The van der Waals surface area contributed by atoms with Gasteiger partial charge in [-0.3, -0.25) is 48.1 Å². The molecule has 2 aromatic heterocycles. The maximum Gasteiger partial charge on any atom is 0.243 e. The molecule has 0 aliphatic carbocycles. The molecule has 0 saturated heterocycles. The first-order valence-corrected chi connectivity index (χ1v) is 29.8. The van der Waals surface area contributed by atoms with Crippen LogP contribution in [0, 0.1) is 5.92 Å². The van der Waals surface area contributed by atoms with E-state index in [-0.39, 0.29) is 64.0 Å². The number of carbonyl (C=O) groups excluding carboxylic acids is 9. The number of imidazole rings is 1. The number of hydrogen-bond donors (Lipinski definition) is 16. The van der Waals surface area contributed by atoms with Crippen LogP contribution >= 0.6 is 0 Å². The Morgan fingerprint density at radius 1 is 0.534 bits per heavy atom. The summed E-state index contributed by atoms with van der Waals surface area (Å²) in [4.78, 5) is 141. The molecule has 3 aromatic carbocycles. The first kappa shape index (κ1) is 69.6. The van der Waals surface area contributed by atoms with Crippen molar-refractivity contribution in [3.63, 3.8) is 0 Å². The van der Waals surface area contributed by atoms with Gasteiger partial charge in [0.05, 0.1) is 18.9 Å². The topological polar surface area (TPSA) is 463 Å². The Bertz CT molecular complexity index is 3070. The first-order valence-electron chi connectivity index (χ1n) is 29.8. The molecule has 9 amide bonds. The third-order valence-corrected chi connectivity index (χ3v) is 14.9. The van der Waals surface area contributed by atoms with E-state index < -0.39 is 114 Å². The number of guanidine groups is 1. The number of rotatable bonds is 39. The Balaban J connectivity index is 1.43. The van der Waals surface area contributed by atoms with Crippen LogP contribution in [0.25, 0.3) is 10.9 Å². The molecule has 2 heterocycles. The summed E-state index contributed by atoms with van der Waals surface area (Å²) in [5, 5.41) is 22.9. The van der Waals surface area contributed by atoms with Gasteiger partial charge in [-0.05, 0) is 93.1 Å². The zero-order chi connectivity index (χ0) is 64.0. The summed E-state index contributed by atoms with van der Waals surface area (Å²) < 4.78 is 0. The molecule has 0 aliphatic heterocycles. The summed E-state index contributed by atoms with van der Waals surface area (Å²) in [7, 11) is 0. The van der Waals surface area contributed by atoms with Gasteiger partial charge < -0.3 is 86.9 Å². The van der Waals surface area contributed by atoms with Gasteiger partial charge in [0.2, 0.25) is 53.2 Å². The monoisotopic (exact) mass is 1220 g/mol. The SMILES string of the molecule is CC[C@@H](C)[C@H](NC(=O)[C@@H](Cc1ccccc1)NC(=O)[C@@H](Cc1c[nH]c2ccccc12)NC(=O)[C@@H](N)CCCN=C(N)N)C(=O)N[C@H](Cc1ccccc1)C(=O)N[C@@H](Cc1cnc[nH]1)C(=O)N[C@@H](CCCCN)C(=O)N[C@@H](CCCCN)C(=O)NCC(N)=O. The van der Waals surface area contributed by atoms with E-state index in [9.17, 15) is 43.2 Å². The fourth-order valence-corrected chi connectivity index (χ4v) is 9.73. The van der Waals surface area contributed by atoms with Crippen LogP contribution in [0.3, 0.4) is 0 Å². The van der Waals surface area contributed by atoms with Crippen molar-refractivity contribution in [2.45, 2.75) is 146 Å². The second-order valence-corrected chi connectivity index (χ2v) is 21.8. The Morgan fingerprint density at radius 3 is 1.56 bits per heavy atom. The number of aliphatic imine (C=N–C) groups is 1. The Morgan fingerprint density at radius 2 is 1.02 bits per heavy atom. The average Bonchev–Trinajstić information content (AvgIpc) is 2.93. The molecule has 0 unspecified atom stereocenters. The average molecular weight is 1220 g/mol. The highest BCUT2D eigenvalue weighted by Gasteiger charge is 2.37. The summed E-state index contributed by atoms with van der Waals surface area (Å²) in [6, 6.07) is 15.1. The highest BCUT2D eigenvalue weighted by atomic mass is 16.2. The Labute approximate surface area is 512 Å². The standard InChI is InChI=1S/C61H88N18O9/c1-3-37(2)52(79-59(87)48(30-39-19-8-5-9-20-39)76-57(85)49(31-40-33-70-44-23-11-10-21-42(40)44)75-53(81)43(64)22-16-28-69-61(66)67)60(88)78-47(29-38-17-6-4-7-18-38)56(84)77-50(32-41-34-68-36-72-41)58(86)74-46(25-13-15-27-63)55(83)73-45(24-12-14-26-62)54(82)71-35-51(65)80/h4-11,17-21,23,33-34,36-37,43,45-50,52,70H,3,12-16,22,24-32,35,62-64H2,1-2H3,(H2,65,80)(H,68,72)(H,71,82)(H,73,83)(H,74,86)(H,75,81)(H,76,85)(H,77,84)(H,78,88)(H,79,87)(H4,66,67,69)/t37-,43+,45+,46+,47-,48-,49-,50+,52+/m1/s1. The highest BCUT2D eigenvalue weighted by molar-refractivity contribution is 5.98. The highest BCUT2D eigenvalue weighted by Crippen LogP contribution is 2.20. The lowest BCUT2D eigenvalue weighted by molar-refractivity contribution is -0.136. The molecule has 0 spiro atoms. The van der Waals surface area contributed by atoms with Crippen molar-refractivity contribution in [2.75, 3.05) is 26.2 Å². The normalized spacial score (nSPS) is 14.2. The third-order valence-electron chi connectivity index (χ3n) is 14.9. The number of unbranched alkanes of at least 4 members (excludes halogenated alkanes) is 2. The van der Waals surface area contributed by atoms with Gasteiger partial charge >= 0.3 is 0 Å². The van der Waals surface area contributed by atoms with Gasteiger partial charge in [0.1, 0.15) is 42.3 Å². The van der Waals surface area contributed by atoms with E-state index in [1.807, 2.05) is 31.2 Å². The third kappa shape index (κ3) is 23.2. The number of H-pyrrole nitrogens is 2. The minimum absolute atomic E-state index is 0.00284. The van der Waals surface area contributed by atoms with E-state index in [1.165, 1.54) is 12.5 Å². The molecule has 476 valence electrons. The minimum atomic E-state index is -1.39. The fraction of sp³-hybridized carbons (Fsp3) is 0.459. The molecule has 27 heteroatoms. The summed E-state index contributed by atoms with van der Waals surface area (Å²) in [5.41, 5.74) is 37.3. The van der Waals surface area contributed by atoms with E-state index in [0.29, 0.717) is 67.5 Å². The summed E-state index contributed by atoms with van der Waals surface area (Å²) in [5.74, 6) is -7.27. The molecule has 0 fully saturated rings. The van der Waals surface area contributed by atoms with E-state index >= 15 is 0 Å². The van der Waals surface area contributed by atoms with Crippen molar-refractivity contribution >= 4 is 70.0 Å². The van der Waals surface area contributed by atoms with Crippen molar-refractivity contribution in [3.8, 4) is 0 Å². The summed E-state index contributed by atoms with van der Waals surface area (Å²) in [6.07, 6.45) is 7.35. The van der Waals surface area contributed by atoms with Crippen molar-refractivity contribution in [1.82, 2.24) is 57.5 Å². The van der Waals surface area contributed by atoms with Crippen LogP contribution in [0.5, 0.6) is 0 Å². The molecule has 5 aromatic rings. The lowest BCUT2D eigenvalue weighted by Crippen LogP contribution is -2.62. The number of benzene rings is 3. The Kier molecular flexibility index (Phi) is 29.0. The number of nitrogens with one attached hydrogen (secondary N) is 10. The second kappa shape index (κ2) is 36.7. The van der Waals surface area contributed by atoms with E-state index in [2.05, 4.69) is 62.5 Å². The number of aromatic nitrogens is 3. The molecule has 27 nitrogen and oxygen atoms in total. The zero-order valence-electron chi connectivity index (χ0n) is 50.1. The maximum absolute atomic E-state index is 14.9. The van der Waals surface area contributed by atoms with Crippen LogP contribution < -0.4 is 76.9 Å². The molecular formula is C61H88N18O9. The predicted octanol–water partition coefficient (Wildman–Crippen LogP) is -1.16. The summed E-state index contributed by atoms with van der Waals surface area (Å²) >= 11 is 0. The van der Waals surface area contributed by atoms with Crippen molar-refractivity contribution in [1.29, 1.82) is 0 Å². The van der Waals surface area contributed by atoms with E-state index in [4.69, 9.17) is 34.4 Å². The van der Waals surface area contributed by atoms with Crippen LogP contribution in [0.2, 0.25) is 0 Å². The minimum Gasteiger partial charge on any atom is -0.370 e. The number of fused-ring (bicyclic) bond motifs is 1. The Hall–Kier alpha value is -9.21. The molecule has 0 bridgehead atoms. The van der Waals surface area contributed by atoms with E-state index in [0.717, 1.165) is 10.9 Å². The number of carbonyl (C=O) groups is 9. The van der Waals surface area contributed by atoms with Crippen molar-refractivity contribution in [3.05, 3.63) is 126 Å². The van der Waals surface area contributed by atoms with Crippen LogP contribution in [-0.2, 0) is 68.8 Å². The van der Waals surface area contributed by atoms with Crippen LogP contribution in [0.15, 0.2) is 109 Å². The number of para-hydroxylation sites is 1. The number of amides is 9. The van der Waals surface area contributed by atoms with Gasteiger partial charge in [-0.2, -0.15) is 0 Å². The number of aromatic amines is 2. The lowest BCUT2D eigenvalue weighted by atomic mass is 9.96. The molecule has 22 N–H and O–H groups in total. The maximum atomic E-state index is 14.9. The summed E-state index contributed by atoms with van der Waals surface area (Å²) in [6.45, 7) is 3.94. The predicted molar refractivity (Wildman–Crippen MR) is 333 cm³/mol. The largest absolute Gasteiger partial charge is 0.370 e. The van der Waals surface area contributed by atoms with Crippen LogP contribution in [0.4, 0.5) is 0 Å². The van der Waals surface area contributed by atoms with E-state index in [1.54, 1.807) is 73.8 Å². The molecule has 9 atom stereocenters. The number of nitrogens with two attached hydrogens (primary N) is 6. The van der Waals surface area contributed by atoms with Gasteiger partial charge in [-0.1, -0.05) is 99.1 Å². The smallest absolute Gasteiger partial charge is 0.243 e. The molecule has 0 saturated carbocycles. The van der Waals surface area contributed by atoms with Gasteiger partial charge in [0, 0.05) is 61.2 Å². The van der Waals surface area contributed by atoms with Gasteiger partial charge in [-0.25, -0.2) is 4.98 Å². The zero-order valence-corrected chi connectivity index (χ0v) is 50.1. The van der Waals surface area contributed by atoms with Crippen LogP contribution in [0.1, 0.15) is 94.0 Å². The molecule has 5 rings (SSSR count). The lowest BCUT2D eigenvalue weighted by Gasteiger charge is -2.30. The van der Waals surface area contributed by atoms with Gasteiger partial charge in [-0.15, -0.1) is 0 Å². The molecule has 88 heavy (non-hydrogen) atoms. The number of primary amides is 1. The first-order chi connectivity index (χ1) is 42.3. The van der Waals surface area contributed by atoms with Crippen molar-refractivity contribution in [2.24, 2.45) is 45.3 Å². The number of hydrogen-bond acceptors (Lipinski definition) is 14. The number of nitrogens with zero attached hydrogens (tertiary/aromatic N) is 2. The van der Waals surface area contributed by atoms with Gasteiger partial charge in [0.25, 0.3) is 0 Å². The second-order valence-electron chi connectivity index (χ2n) is 21.8.